The molecule has 2 rings (SSSR count). The lowest BCUT2D eigenvalue weighted by Gasteiger charge is -2.14. The number of nitrogens with one attached hydrogen (secondary N) is 1. The molecule has 5 heteroatoms. The van der Waals surface area contributed by atoms with E-state index in [1.807, 2.05) is 0 Å². The Kier molecular flexibility index (Phi) is 3.23. The zero-order valence-electron chi connectivity index (χ0n) is 9.62. The maximum Gasteiger partial charge on any atom is 0.416 e. The van der Waals surface area contributed by atoms with Crippen molar-refractivity contribution in [3.05, 3.63) is 53.7 Å². The van der Waals surface area contributed by atoms with Crippen LogP contribution in [0.25, 0.3) is 0 Å². The van der Waals surface area contributed by atoms with Crippen LogP contribution in [0.4, 0.5) is 24.7 Å². The molecule has 0 saturated heterocycles. The van der Waals surface area contributed by atoms with Crippen LogP contribution in [0.3, 0.4) is 0 Å². The third kappa shape index (κ3) is 2.61. The first kappa shape index (κ1) is 12.4. The van der Waals surface area contributed by atoms with Crippen molar-refractivity contribution in [2.24, 2.45) is 0 Å². The van der Waals surface area contributed by atoms with Crippen molar-refractivity contribution in [3.63, 3.8) is 0 Å². The summed E-state index contributed by atoms with van der Waals surface area (Å²) in [5, 5.41) is 2.87. The van der Waals surface area contributed by atoms with Crippen molar-refractivity contribution in [2.45, 2.75) is 13.1 Å². The molecule has 0 aliphatic heterocycles. The predicted octanol–water partition coefficient (Wildman–Crippen LogP) is 4.15. The van der Waals surface area contributed by atoms with Crippen LogP contribution in [0, 0.1) is 6.92 Å². The van der Waals surface area contributed by atoms with Gasteiger partial charge in [0.15, 0.2) is 0 Å². The van der Waals surface area contributed by atoms with Gasteiger partial charge in [-0.3, -0.25) is 0 Å². The molecule has 0 aliphatic rings. The Bertz CT molecular complexity index is 536. The van der Waals surface area contributed by atoms with Crippen molar-refractivity contribution >= 4 is 11.5 Å². The maximum absolute atomic E-state index is 12.7. The lowest BCUT2D eigenvalue weighted by Crippen LogP contribution is -2.09. The first-order valence-corrected chi connectivity index (χ1v) is 5.33. The highest BCUT2D eigenvalue weighted by Crippen LogP contribution is 2.35. The third-order valence-corrected chi connectivity index (χ3v) is 2.57. The SMILES string of the molecule is Cc1c(Nc2ccccn2)cccc1C(F)(F)F. The number of pyridine rings is 1. The fraction of sp³-hybridized carbons (Fsp3) is 0.154. The van der Waals surface area contributed by atoms with Gasteiger partial charge in [-0.15, -0.1) is 0 Å². The van der Waals surface area contributed by atoms with E-state index in [-0.39, 0.29) is 5.56 Å². The molecule has 1 aromatic carbocycles. The molecule has 0 aliphatic carbocycles. The number of halogens is 3. The smallest absolute Gasteiger partial charge is 0.340 e. The molecule has 0 fully saturated rings. The van der Waals surface area contributed by atoms with Gasteiger partial charge in [0.05, 0.1) is 5.56 Å². The van der Waals surface area contributed by atoms with E-state index in [1.54, 1.807) is 30.5 Å². The zero-order valence-corrected chi connectivity index (χ0v) is 9.62. The second-order valence-corrected chi connectivity index (χ2v) is 3.82. The topological polar surface area (TPSA) is 24.9 Å². The number of hydrogen-bond donors (Lipinski definition) is 1. The molecule has 1 N–H and O–H groups in total. The molecule has 0 radical (unpaired) electrons. The summed E-state index contributed by atoms with van der Waals surface area (Å²) in [5.74, 6) is 0.514. The number of hydrogen-bond acceptors (Lipinski definition) is 2. The van der Waals surface area contributed by atoms with E-state index in [0.29, 0.717) is 11.5 Å². The third-order valence-electron chi connectivity index (χ3n) is 2.57. The summed E-state index contributed by atoms with van der Waals surface area (Å²) in [6.07, 6.45) is -2.77. The largest absolute Gasteiger partial charge is 0.416 e. The average molecular weight is 252 g/mol. The van der Waals surface area contributed by atoms with Gasteiger partial charge in [0, 0.05) is 11.9 Å². The van der Waals surface area contributed by atoms with Crippen molar-refractivity contribution in [2.75, 3.05) is 5.32 Å². The van der Waals surface area contributed by atoms with Crippen LogP contribution < -0.4 is 5.32 Å². The summed E-state index contributed by atoms with van der Waals surface area (Å²) in [4.78, 5) is 4.01. The molecule has 1 aromatic heterocycles. The molecule has 18 heavy (non-hydrogen) atoms. The lowest BCUT2D eigenvalue weighted by molar-refractivity contribution is -0.138. The molecule has 94 valence electrons. The molecular formula is C13H11F3N2. The molecular weight excluding hydrogens is 241 g/mol. The Morgan fingerprint density at radius 1 is 1.06 bits per heavy atom. The van der Waals surface area contributed by atoms with Crippen LogP contribution in [-0.4, -0.2) is 4.98 Å². The molecule has 1 heterocycles. The normalized spacial score (nSPS) is 11.3. The van der Waals surface area contributed by atoms with Gasteiger partial charge in [0.2, 0.25) is 0 Å². The van der Waals surface area contributed by atoms with Crippen LogP contribution >= 0.6 is 0 Å². The Morgan fingerprint density at radius 3 is 2.44 bits per heavy atom. The average Bonchev–Trinajstić information content (AvgIpc) is 2.32. The summed E-state index contributed by atoms with van der Waals surface area (Å²) in [5.41, 5.74) is -0.0670. The minimum Gasteiger partial charge on any atom is -0.340 e. The van der Waals surface area contributed by atoms with Gasteiger partial charge in [-0.1, -0.05) is 12.1 Å². The minimum absolute atomic E-state index is 0.163. The highest BCUT2D eigenvalue weighted by Gasteiger charge is 2.32. The first-order chi connectivity index (χ1) is 8.48. The number of benzene rings is 1. The standard InChI is InChI=1S/C13H11F3N2/c1-9-10(13(14,15)16)5-4-6-11(9)18-12-7-2-3-8-17-12/h2-8H,1H3,(H,17,18). The van der Waals surface area contributed by atoms with Gasteiger partial charge in [-0.2, -0.15) is 13.2 Å². The Hall–Kier alpha value is -2.04. The fourth-order valence-electron chi connectivity index (χ4n) is 1.65. The van der Waals surface area contributed by atoms with Gasteiger partial charge in [-0.05, 0) is 36.8 Å². The van der Waals surface area contributed by atoms with Crippen LogP contribution in [0.2, 0.25) is 0 Å². The van der Waals surface area contributed by atoms with E-state index >= 15 is 0 Å². The summed E-state index contributed by atoms with van der Waals surface area (Å²) in [7, 11) is 0. The number of nitrogens with zero attached hydrogens (tertiary/aromatic N) is 1. The zero-order chi connectivity index (χ0) is 13.2. The molecule has 0 spiro atoms. The monoisotopic (exact) mass is 252 g/mol. The van der Waals surface area contributed by atoms with Crippen LogP contribution in [0.5, 0.6) is 0 Å². The molecule has 2 nitrogen and oxygen atoms in total. The summed E-state index contributed by atoms with van der Waals surface area (Å²) in [6, 6.07) is 9.24. The summed E-state index contributed by atoms with van der Waals surface area (Å²) >= 11 is 0. The minimum atomic E-state index is -4.34. The number of aromatic nitrogens is 1. The van der Waals surface area contributed by atoms with Crippen molar-refractivity contribution in [1.82, 2.24) is 4.98 Å². The number of alkyl halides is 3. The first-order valence-electron chi connectivity index (χ1n) is 5.33. The van der Waals surface area contributed by atoms with E-state index in [0.717, 1.165) is 6.07 Å². The van der Waals surface area contributed by atoms with E-state index in [1.165, 1.54) is 13.0 Å². The quantitative estimate of drug-likeness (QED) is 0.868. The summed E-state index contributed by atoms with van der Waals surface area (Å²) < 4.78 is 38.2. The van der Waals surface area contributed by atoms with Crippen LogP contribution in [0.1, 0.15) is 11.1 Å². The maximum atomic E-state index is 12.7. The predicted molar refractivity (Wildman–Crippen MR) is 63.7 cm³/mol. The van der Waals surface area contributed by atoms with Crippen LogP contribution in [0.15, 0.2) is 42.6 Å². The highest BCUT2D eigenvalue weighted by molar-refractivity contribution is 5.62. The Labute approximate surface area is 102 Å². The molecule has 0 bridgehead atoms. The number of anilines is 2. The Balaban J connectivity index is 2.36. The van der Waals surface area contributed by atoms with E-state index in [4.69, 9.17) is 0 Å². The molecule has 0 amide bonds. The van der Waals surface area contributed by atoms with E-state index in [9.17, 15) is 13.2 Å². The van der Waals surface area contributed by atoms with Gasteiger partial charge in [0.25, 0.3) is 0 Å². The highest BCUT2D eigenvalue weighted by atomic mass is 19.4. The fourth-order valence-corrected chi connectivity index (χ4v) is 1.65. The number of rotatable bonds is 2. The van der Waals surface area contributed by atoms with E-state index in [2.05, 4.69) is 10.3 Å². The molecule has 0 saturated carbocycles. The lowest BCUT2D eigenvalue weighted by atomic mass is 10.1. The van der Waals surface area contributed by atoms with Crippen molar-refractivity contribution < 1.29 is 13.2 Å². The van der Waals surface area contributed by atoms with Gasteiger partial charge >= 0.3 is 6.18 Å². The van der Waals surface area contributed by atoms with Gasteiger partial charge < -0.3 is 5.32 Å². The van der Waals surface area contributed by atoms with Crippen molar-refractivity contribution in [3.8, 4) is 0 Å². The van der Waals surface area contributed by atoms with Crippen LogP contribution in [-0.2, 0) is 6.18 Å². The van der Waals surface area contributed by atoms with Gasteiger partial charge in [-0.25, -0.2) is 4.98 Å². The van der Waals surface area contributed by atoms with Gasteiger partial charge in [0.1, 0.15) is 5.82 Å². The van der Waals surface area contributed by atoms with E-state index < -0.39 is 11.7 Å². The second-order valence-electron chi connectivity index (χ2n) is 3.82. The molecule has 2 aromatic rings. The second kappa shape index (κ2) is 4.68. The Morgan fingerprint density at radius 2 is 1.83 bits per heavy atom. The molecule has 0 atom stereocenters. The van der Waals surface area contributed by atoms with Crippen molar-refractivity contribution in [1.29, 1.82) is 0 Å². The molecule has 0 unspecified atom stereocenters. The summed E-state index contributed by atoms with van der Waals surface area (Å²) in [6.45, 7) is 1.44.